The zero-order valence-electron chi connectivity index (χ0n) is 10.7. The molecule has 104 valence electrons. The third-order valence-corrected chi connectivity index (χ3v) is 4.39. The van der Waals surface area contributed by atoms with E-state index < -0.39 is 5.82 Å². The van der Waals surface area contributed by atoms with Gasteiger partial charge in [0, 0.05) is 20.1 Å². The largest absolute Gasteiger partial charge is 0.289 e. The normalized spacial score (nSPS) is 10.8. The van der Waals surface area contributed by atoms with Crippen LogP contribution < -0.4 is 0 Å². The zero-order valence-corrected chi connectivity index (χ0v) is 13.9. The van der Waals surface area contributed by atoms with Crippen molar-refractivity contribution in [1.29, 1.82) is 0 Å². The molecule has 3 aromatic rings. The molecule has 0 fully saturated rings. The molecule has 0 unspecified atom stereocenters. The van der Waals surface area contributed by atoms with Gasteiger partial charge in [0.25, 0.3) is 0 Å². The average molecular weight is 408 g/mol. The molecule has 0 saturated heterocycles. The van der Waals surface area contributed by atoms with Crippen LogP contribution in [-0.2, 0) is 0 Å². The highest BCUT2D eigenvalue weighted by atomic mass is 79.9. The van der Waals surface area contributed by atoms with E-state index in [1.807, 2.05) is 30.3 Å². The molecule has 3 aromatic carbocycles. The third-order valence-electron chi connectivity index (χ3n) is 3.24. The van der Waals surface area contributed by atoms with E-state index >= 15 is 0 Å². The monoisotopic (exact) mass is 406 g/mol. The van der Waals surface area contributed by atoms with Gasteiger partial charge in [-0.3, -0.25) is 4.79 Å². The lowest BCUT2D eigenvalue weighted by Gasteiger charge is -2.08. The summed E-state index contributed by atoms with van der Waals surface area (Å²) in [6, 6.07) is 15.4. The molecule has 3 rings (SSSR count). The number of halogens is 3. The van der Waals surface area contributed by atoms with E-state index in [4.69, 9.17) is 0 Å². The van der Waals surface area contributed by atoms with Gasteiger partial charge < -0.3 is 0 Å². The summed E-state index contributed by atoms with van der Waals surface area (Å²) in [6.07, 6.45) is 0. The number of rotatable bonds is 2. The maximum absolute atomic E-state index is 13.5. The third kappa shape index (κ3) is 2.78. The highest BCUT2D eigenvalue weighted by Gasteiger charge is 2.15. The van der Waals surface area contributed by atoms with Gasteiger partial charge in [0.15, 0.2) is 5.78 Å². The van der Waals surface area contributed by atoms with Crippen molar-refractivity contribution in [3.63, 3.8) is 0 Å². The van der Waals surface area contributed by atoms with Crippen molar-refractivity contribution in [2.45, 2.75) is 0 Å². The minimum Gasteiger partial charge on any atom is -0.289 e. The minimum absolute atomic E-state index is 0.195. The molecule has 0 bridgehead atoms. The number of hydrogen-bond acceptors (Lipinski definition) is 1. The first-order valence-corrected chi connectivity index (χ1v) is 7.83. The molecule has 1 nitrogen and oxygen atoms in total. The Labute approximate surface area is 138 Å². The minimum atomic E-state index is -0.436. The second-order valence-electron chi connectivity index (χ2n) is 4.63. The molecule has 0 aliphatic heterocycles. The Morgan fingerprint density at radius 2 is 1.62 bits per heavy atom. The summed E-state index contributed by atoms with van der Waals surface area (Å²) in [7, 11) is 0. The van der Waals surface area contributed by atoms with Crippen LogP contribution in [0, 0.1) is 5.82 Å². The molecule has 0 aliphatic carbocycles. The van der Waals surface area contributed by atoms with E-state index in [9.17, 15) is 9.18 Å². The number of hydrogen-bond donors (Lipinski definition) is 0. The summed E-state index contributed by atoms with van der Waals surface area (Å²) in [4.78, 5) is 12.7. The molecule has 0 atom stereocenters. The molecule has 0 heterocycles. The number of carbonyl (C=O) groups is 1. The zero-order chi connectivity index (χ0) is 15.0. The van der Waals surface area contributed by atoms with Crippen LogP contribution in [0.4, 0.5) is 4.39 Å². The van der Waals surface area contributed by atoms with Crippen molar-refractivity contribution in [2.24, 2.45) is 0 Å². The summed E-state index contributed by atoms with van der Waals surface area (Å²) in [6.45, 7) is 0. The Kier molecular flexibility index (Phi) is 3.91. The summed E-state index contributed by atoms with van der Waals surface area (Å²) < 4.78 is 15.0. The van der Waals surface area contributed by atoms with Crippen LogP contribution in [0.1, 0.15) is 15.9 Å². The van der Waals surface area contributed by atoms with E-state index in [0.717, 1.165) is 15.2 Å². The van der Waals surface area contributed by atoms with E-state index in [1.165, 1.54) is 12.1 Å². The van der Waals surface area contributed by atoms with Crippen molar-refractivity contribution in [2.75, 3.05) is 0 Å². The second-order valence-corrected chi connectivity index (χ2v) is 6.40. The van der Waals surface area contributed by atoms with Crippen molar-refractivity contribution in [3.8, 4) is 0 Å². The van der Waals surface area contributed by atoms with Crippen LogP contribution in [-0.4, -0.2) is 5.78 Å². The lowest BCUT2D eigenvalue weighted by Crippen LogP contribution is -2.03. The number of fused-ring (bicyclic) bond motifs is 1. The van der Waals surface area contributed by atoms with Crippen LogP contribution >= 0.6 is 31.9 Å². The van der Waals surface area contributed by atoms with Crippen LogP contribution in [0.5, 0.6) is 0 Å². The molecule has 0 amide bonds. The van der Waals surface area contributed by atoms with Crippen molar-refractivity contribution >= 4 is 48.4 Å². The lowest BCUT2D eigenvalue weighted by atomic mass is 9.97. The molecule has 21 heavy (non-hydrogen) atoms. The number of ketones is 1. The number of carbonyl (C=O) groups excluding carboxylic acids is 1. The first-order chi connectivity index (χ1) is 10.1. The van der Waals surface area contributed by atoms with Gasteiger partial charge in [0.05, 0.1) is 0 Å². The summed E-state index contributed by atoms with van der Waals surface area (Å²) >= 11 is 6.70. The Hall–Kier alpha value is -1.52. The molecule has 0 N–H and O–H groups in total. The van der Waals surface area contributed by atoms with Gasteiger partial charge in [-0.15, -0.1) is 0 Å². The van der Waals surface area contributed by atoms with Crippen LogP contribution in [0.15, 0.2) is 63.5 Å². The molecular weight excluding hydrogens is 399 g/mol. The smallest absolute Gasteiger partial charge is 0.193 e. The first-order valence-electron chi connectivity index (χ1n) is 6.24. The van der Waals surface area contributed by atoms with E-state index in [1.54, 1.807) is 12.1 Å². The molecule has 4 heteroatoms. The molecule has 0 radical (unpaired) electrons. The second kappa shape index (κ2) is 5.70. The molecule has 0 aliphatic rings. The Balaban J connectivity index is 2.20. The van der Waals surface area contributed by atoms with Crippen LogP contribution in [0.2, 0.25) is 0 Å². The van der Waals surface area contributed by atoms with Gasteiger partial charge in [-0.05, 0) is 41.1 Å². The van der Waals surface area contributed by atoms with Gasteiger partial charge in [-0.25, -0.2) is 4.39 Å². The Morgan fingerprint density at radius 3 is 2.33 bits per heavy atom. The molecule has 0 spiro atoms. The van der Waals surface area contributed by atoms with Crippen molar-refractivity contribution < 1.29 is 9.18 Å². The quantitative estimate of drug-likeness (QED) is 0.495. The fourth-order valence-corrected chi connectivity index (χ4v) is 3.24. The van der Waals surface area contributed by atoms with Crippen molar-refractivity contribution in [1.82, 2.24) is 0 Å². The molecule has 0 aromatic heterocycles. The van der Waals surface area contributed by atoms with E-state index in [-0.39, 0.29) is 5.78 Å². The maximum Gasteiger partial charge on any atom is 0.193 e. The number of benzene rings is 3. The summed E-state index contributed by atoms with van der Waals surface area (Å²) in [5, 5.41) is 1.80. The van der Waals surface area contributed by atoms with Gasteiger partial charge in [0.1, 0.15) is 5.82 Å². The maximum atomic E-state index is 13.5. The topological polar surface area (TPSA) is 17.1 Å². The highest BCUT2D eigenvalue weighted by molar-refractivity contribution is 9.11. The van der Waals surface area contributed by atoms with Crippen LogP contribution in [0.3, 0.4) is 0 Å². The lowest BCUT2D eigenvalue weighted by molar-refractivity contribution is 0.104. The SMILES string of the molecule is O=C(c1cc(F)cc(Br)c1)c1ccc(Br)c2ccccc12. The van der Waals surface area contributed by atoms with Crippen molar-refractivity contribution in [3.05, 3.63) is 80.5 Å². The summed E-state index contributed by atoms with van der Waals surface area (Å²) in [5.74, 6) is -0.631. The van der Waals surface area contributed by atoms with E-state index in [2.05, 4.69) is 31.9 Å². The predicted octanol–water partition coefficient (Wildman–Crippen LogP) is 5.73. The predicted molar refractivity (Wildman–Crippen MR) is 89.2 cm³/mol. The fraction of sp³-hybridized carbons (Fsp3) is 0. The average Bonchev–Trinajstić information content (AvgIpc) is 2.46. The highest BCUT2D eigenvalue weighted by Crippen LogP contribution is 2.29. The van der Waals surface area contributed by atoms with Gasteiger partial charge in [-0.1, -0.05) is 56.1 Å². The molecule has 0 saturated carbocycles. The standard InChI is InChI=1S/C17H9Br2FO/c18-11-7-10(8-12(20)9-11)17(21)15-5-6-16(19)14-4-2-1-3-13(14)15/h1-9H. The van der Waals surface area contributed by atoms with Gasteiger partial charge >= 0.3 is 0 Å². The Bertz CT molecular complexity index is 838. The molecular formula is C17H9Br2FO. The van der Waals surface area contributed by atoms with E-state index in [0.29, 0.717) is 15.6 Å². The Morgan fingerprint density at radius 1 is 0.905 bits per heavy atom. The fourth-order valence-electron chi connectivity index (χ4n) is 2.30. The van der Waals surface area contributed by atoms with Gasteiger partial charge in [-0.2, -0.15) is 0 Å². The van der Waals surface area contributed by atoms with Crippen LogP contribution in [0.25, 0.3) is 10.8 Å². The first kappa shape index (κ1) is 14.4. The summed E-state index contributed by atoms with van der Waals surface area (Å²) in [5.41, 5.74) is 0.889. The van der Waals surface area contributed by atoms with Gasteiger partial charge in [0.2, 0.25) is 0 Å².